The molecule has 1 N–H and O–H groups in total. The average Bonchev–Trinajstić information content (AvgIpc) is 2.39. The van der Waals surface area contributed by atoms with Crippen LogP contribution in [0.15, 0.2) is 18.2 Å². The maximum atomic E-state index is 10.9. The average molecular weight is 265 g/mol. The van der Waals surface area contributed by atoms with E-state index in [0.717, 1.165) is 37.4 Å². The molecule has 1 aliphatic heterocycles. The lowest BCUT2D eigenvalue weighted by atomic mass is 10.1. The van der Waals surface area contributed by atoms with Crippen LogP contribution >= 0.6 is 0 Å². The molecule has 0 atom stereocenters. The number of anilines is 1. The van der Waals surface area contributed by atoms with E-state index in [9.17, 15) is 10.1 Å². The second-order valence-electron chi connectivity index (χ2n) is 4.84. The Bertz CT molecular complexity index is 456. The highest BCUT2D eigenvalue weighted by atomic mass is 16.6. The summed E-state index contributed by atoms with van der Waals surface area (Å²) < 4.78 is 0. The van der Waals surface area contributed by atoms with Gasteiger partial charge in [-0.15, -0.1) is 0 Å². The lowest BCUT2D eigenvalue weighted by molar-refractivity contribution is -0.384. The van der Waals surface area contributed by atoms with E-state index in [-0.39, 0.29) is 17.2 Å². The molecule has 19 heavy (non-hydrogen) atoms. The Morgan fingerprint density at radius 1 is 1.26 bits per heavy atom. The lowest BCUT2D eigenvalue weighted by Gasteiger charge is -2.35. The predicted octanol–water partition coefficient (Wildman–Crippen LogP) is 1.02. The van der Waals surface area contributed by atoms with Crippen molar-refractivity contribution in [2.45, 2.75) is 6.92 Å². The third-order valence-electron chi connectivity index (χ3n) is 3.41. The van der Waals surface area contributed by atoms with Crippen molar-refractivity contribution < 1.29 is 10.0 Å². The van der Waals surface area contributed by atoms with E-state index in [2.05, 4.69) is 9.80 Å². The van der Waals surface area contributed by atoms with Crippen molar-refractivity contribution in [3.63, 3.8) is 0 Å². The Kier molecular flexibility index (Phi) is 4.34. The van der Waals surface area contributed by atoms with E-state index in [1.807, 2.05) is 13.0 Å². The molecule has 0 radical (unpaired) electrons. The molecule has 1 aromatic carbocycles. The van der Waals surface area contributed by atoms with Gasteiger partial charge in [-0.2, -0.15) is 0 Å². The molecule has 104 valence electrons. The Morgan fingerprint density at radius 3 is 2.53 bits per heavy atom. The first-order valence-electron chi connectivity index (χ1n) is 6.44. The maximum absolute atomic E-state index is 10.9. The monoisotopic (exact) mass is 265 g/mol. The third-order valence-corrected chi connectivity index (χ3v) is 3.41. The van der Waals surface area contributed by atoms with Gasteiger partial charge in [0.1, 0.15) is 0 Å². The summed E-state index contributed by atoms with van der Waals surface area (Å²) in [5.74, 6) is 0. The van der Waals surface area contributed by atoms with Crippen molar-refractivity contribution in [2.75, 3.05) is 44.2 Å². The number of nitrogens with zero attached hydrogens (tertiary/aromatic N) is 3. The van der Waals surface area contributed by atoms with Crippen molar-refractivity contribution in [3.05, 3.63) is 33.9 Å². The standard InChI is InChI=1S/C13H19N3O3/c1-11-8-12(10-13(9-11)16(18)19)15-4-2-14(3-5-15)6-7-17/h8-10,17H,2-7H2,1H3. The second kappa shape index (κ2) is 5.99. The van der Waals surface area contributed by atoms with E-state index in [1.54, 1.807) is 12.1 Å². The zero-order valence-corrected chi connectivity index (χ0v) is 11.1. The van der Waals surface area contributed by atoms with Crippen LogP contribution in [0.3, 0.4) is 0 Å². The highest BCUT2D eigenvalue weighted by molar-refractivity contribution is 5.56. The summed E-state index contributed by atoms with van der Waals surface area (Å²) in [6, 6.07) is 5.20. The van der Waals surface area contributed by atoms with Gasteiger partial charge in [0.15, 0.2) is 0 Å². The molecular formula is C13H19N3O3. The fourth-order valence-corrected chi connectivity index (χ4v) is 2.40. The number of hydrogen-bond donors (Lipinski definition) is 1. The highest BCUT2D eigenvalue weighted by Gasteiger charge is 2.18. The number of non-ortho nitro benzene ring substituents is 1. The first-order valence-corrected chi connectivity index (χ1v) is 6.44. The molecule has 2 rings (SSSR count). The fraction of sp³-hybridized carbons (Fsp3) is 0.538. The molecule has 0 aromatic heterocycles. The number of benzene rings is 1. The largest absolute Gasteiger partial charge is 0.395 e. The van der Waals surface area contributed by atoms with Gasteiger partial charge in [-0.25, -0.2) is 0 Å². The molecule has 0 bridgehead atoms. The molecule has 1 aliphatic rings. The summed E-state index contributed by atoms with van der Waals surface area (Å²) >= 11 is 0. The quantitative estimate of drug-likeness (QED) is 0.650. The fourth-order valence-electron chi connectivity index (χ4n) is 2.40. The zero-order valence-electron chi connectivity index (χ0n) is 11.1. The minimum atomic E-state index is -0.349. The van der Waals surface area contributed by atoms with Gasteiger partial charge < -0.3 is 10.0 Å². The smallest absolute Gasteiger partial charge is 0.271 e. The molecular weight excluding hydrogens is 246 g/mol. The van der Waals surface area contributed by atoms with Crippen LogP contribution < -0.4 is 4.90 Å². The zero-order chi connectivity index (χ0) is 13.8. The molecule has 1 saturated heterocycles. The van der Waals surface area contributed by atoms with E-state index in [4.69, 9.17) is 5.11 Å². The number of nitro benzene ring substituents is 1. The normalized spacial score (nSPS) is 16.6. The third kappa shape index (κ3) is 3.42. The van der Waals surface area contributed by atoms with E-state index >= 15 is 0 Å². The first-order chi connectivity index (χ1) is 9.10. The van der Waals surface area contributed by atoms with Gasteiger partial charge >= 0.3 is 0 Å². The SMILES string of the molecule is Cc1cc(N2CCN(CCO)CC2)cc([N+](=O)[O-])c1. The molecule has 0 unspecified atom stereocenters. The van der Waals surface area contributed by atoms with Crippen LogP contribution in [-0.4, -0.2) is 54.3 Å². The Morgan fingerprint density at radius 2 is 1.95 bits per heavy atom. The van der Waals surface area contributed by atoms with Crippen LogP contribution in [-0.2, 0) is 0 Å². The Balaban J connectivity index is 2.09. The molecule has 0 spiro atoms. The van der Waals surface area contributed by atoms with Gasteiger partial charge in [0.25, 0.3) is 5.69 Å². The molecule has 1 fully saturated rings. The number of aliphatic hydroxyl groups is 1. The van der Waals surface area contributed by atoms with Gasteiger partial charge in [0, 0.05) is 50.5 Å². The van der Waals surface area contributed by atoms with Gasteiger partial charge in [0.05, 0.1) is 11.5 Å². The van der Waals surface area contributed by atoms with Gasteiger partial charge in [-0.05, 0) is 18.6 Å². The number of rotatable bonds is 4. The molecule has 6 nitrogen and oxygen atoms in total. The first kappa shape index (κ1) is 13.8. The number of nitro groups is 1. The maximum Gasteiger partial charge on any atom is 0.271 e. The van der Waals surface area contributed by atoms with Crippen LogP contribution in [0.2, 0.25) is 0 Å². The minimum absolute atomic E-state index is 0.146. The van der Waals surface area contributed by atoms with Gasteiger partial charge in [-0.3, -0.25) is 15.0 Å². The topological polar surface area (TPSA) is 69.8 Å². The molecule has 6 heteroatoms. The van der Waals surface area contributed by atoms with E-state index < -0.39 is 0 Å². The Labute approximate surface area is 112 Å². The van der Waals surface area contributed by atoms with Crippen molar-refractivity contribution in [2.24, 2.45) is 0 Å². The highest BCUT2D eigenvalue weighted by Crippen LogP contribution is 2.24. The van der Waals surface area contributed by atoms with E-state index in [1.165, 1.54) is 0 Å². The summed E-state index contributed by atoms with van der Waals surface area (Å²) in [7, 11) is 0. The summed E-state index contributed by atoms with van der Waals surface area (Å²) in [6.07, 6.45) is 0. The second-order valence-corrected chi connectivity index (χ2v) is 4.84. The van der Waals surface area contributed by atoms with Crippen LogP contribution in [0.5, 0.6) is 0 Å². The van der Waals surface area contributed by atoms with E-state index in [0.29, 0.717) is 6.54 Å². The number of aryl methyl sites for hydroxylation is 1. The summed E-state index contributed by atoms with van der Waals surface area (Å²) in [5.41, 5.74) is 1.96. The number of β-amino-alcohol motifs (C(OH)–C–C–N with tert-alkyl or cyclic N) is 1. The summed E-state index contributed by atoms with van der Waals surface area (Å²) in [4.78, 5) is 14.9. The van der Waals surface area contributed by atoms with Crippen molar-refractivity contribution in [3.8, 4) is 0 Å². The molecule has 0 aliphatic carbocycles. The minimum Gasteiger partial charge on any atom is -0.395 e. The molecule has 0 saturated carbocycles. The van der Waals surface area contributed by atoms with Gasteiger partial charge in [0.2, 0.25) is 0 Å². The van der Waals surface area contributed by atoms with Crippen LogP contribution in [0.4, 0.5) is 11.4 Å². The van der Waals surface area contributed by atoms with Crippen LogP contribution in [0.1, 0.15) is 5.56 Å². The van der Waals surface area contributed by atoms with Crippen molar-refractivity contribution in [1.29, 1.82) is 0 Å². The van der Waals surface area contributed by atoms with Gasteiger partial charge in [-0.1, -0.05) is 0 Å². The number of piperazine rings is 1. The molecule has 1 aromatic rings. The number of hydrogen-bond acceptors (Lipinski definition) is 5. The lowest BCUT2D eigenvalue weighted by Crippen LogP contribution is -2.47. The molecule has 0 amide bonds. The van der Waals surface area contributed by atoms with Crippen molar-refractivity contribution in [1.82, 2.24) is 4.90 Å². The predicted molar refractivity (Wildman–Crippen MR) is 73.6 cm³/mol. The Hall–Kier alpha value is -1.66. The molecule has 1 heterocycles. The summed E-state index contributed by atoms with van der Waals surface area (Å²) in [5, 5.41) is 19.8. The number of aliphatic hydroxyl groups excluding tert-OH is 1. The van der Waals surface area contributed by atoms with Crippen molar-refractivity contribution >= 4 is 11.4 Å². The van der Waals surface area contributed by atoms with Crippen LogP contribution in [0.25, 0.3) is 0 Å². The summed E-state index contributed by atoms with van der Waals surface area (Å²) in [6.45, 7) is 6.17. The van der Waals surface area contributed by atoms with Crippen LogP contribution in [0, 0.1) is 17.0 Å².